The van der Waals surface area contributed by atoms with Crippen molar-refractivity contribution in [1.82, 2.24) is 4.98 Å². The van der Waals surface area contributed by atoms with Crippen LogP contribution < -0.4 is 4.74 Å². The van der Waals surface area contributed by atoms with Gasteiger partial charge in [0.05, 0.1) is 0 Å². The van der Waals surface area contributed by atoms with Crippen molar-refractivity contribution in [3.05, 3.63) is 23.4 Å². The molecular weight excluding hydrogens is 238 g/mol. The first-order valence-electron chi connectivity index (χ1n) is 5.11. The summed E-state index contributed by atoms with van der Waals surface area (Å²) in [6, 6.07) is 1.73. The van der Waals surface area contributed by atoms with E-state index in [-0.39, 0.29) is 5.88 Å². The maximum atomic E-state index is 12.6. The highest BCUT2D eigenvalue weighted by Gasteiger charge is 2.41. The molecule has 0 aliphatic rings. The summed E-state index contributed by atoms with van der Waals surface area (Å²) in [5, 5.41) is 0. The summed E-state index contributed by atoms with van der Waals surface area (Å²) in [6.07, 6.45) is -1.51. The third-order valence-corrected chi connectivity index (χ3v) is 2.22. The summed E-state index contributed by atoms with van der Waals surface area (Å²) in [5.41, 5.74) is 1.48. The minimum absolute atomic E-state index is 0.0393. The monoisotopic (exact) mass is 251 g/mol. The fourth-order valence-electron chi connectivity index (χ4n) is 1.19. The van der Waals surface area contributed by atoms with Crippen LogP contribution in [-0.2, 0) is 6.42 Å². The van der Waals surface area contributed by atoms with Crippen molar-refractivity contribution in [2.75, 3.05) is 6.61 Å². The zero-order valence-corrected chi connectivity index (χ0v) is 9.51. The Labute approximate surface area is 96.6 Å². The summed E-state index contributed by atoms with van der Waals surface area (Å²) in [6.45, 7) is 2.17. The summed E-state index contributed by atoms with van der Waals surface area (Å²) in [4.78, 5) is 3.81. The van der Waals surface area contributed by atoms with Crippen molar-refractivity contribution < 1.29 is 22.3 Å². The number of ether oxygens (including phenoxy) is 1. The normalized spacial score (nSPS) is 11.9. The molecule has 96 valence electrons. The van der Waals surface area contributed by atoms with Crippen molar-refractivity contribution in [3.8, 4) is 5.88 Å². The van der Waals surface area contributed by atoms with E-state index < -0.39 is 19.0 Å². The van der Waals surface area contributed by atoms with E-state index in [4.69, 9.17) is 0 Å². The van der Waals surface area contributed by atoms with Gasteiger partial charge in [-0.05, 0) is 25.0 Å². The van der Waals surface area contributed by atoms with Crippen LogP contribution in [0.1, 0.15) is 18.1 Å². The lowest BCUT2D eigenvalue weighted by Gasteiger charge is -2.16. The molecule has 0 spiro atoms. The summed E-state index contributed by atoms with van der Waals surface area (Å²) < 4.78 is 53.6. The highest BCUT2D eigenvalue weighted by Crippen LogP contribution is 2.25. The number of hydrogen-bond donors (Lipinski definition) is 0. The van der Waals surface area contributed by atoms with Gasteiger partial charge in [0.15, 0.2) is 6.61 Å². The molecule has 0 aliphatic heterocycles. The SMILES string of the molecule is CCc1cnc(OCC(F)(F)C(F)F)c(C)c1. The minimum Gasteiger partial charge on any atom is -0.471 e. The van der Waals surface area contributed by atoms with Crippen molar-refractivity contribution in [2.45, 2.75) is 32.6 Å². The molecule has 17 heavy (non-hydrogen) atoms. The van der Waals surface area contributed by atoms with Gasteiger partial charge in [0.25, 0.3) is 0 Å². The molecule has 0 N–H and O–H groups in total. The predicted octanol–water partition coefficient (Wildman–Crippen LogP) is 3.23. The second kappa shape index (κ2) is 5.33. The van der Waals surface area contributed by atoms with E-state index in [0.29, 0.717) is 5.56 Å². The molecule has 0 saturated heterocycles. The topological polar surface area (TPSA) is 22.1 Å². The van der Waals surface area contributed by atoms with Crippen molar-refractivity contribution >= 4 is 0 Å². The second-order valence-electron chi connectivity index (χ2n) is 3.67. The van der Waals surface area contributed by atoms with Gasteiger partial charge in [-0.25, -0.2) is 13.8 Å². The third-order valence-electron chi connectivity index (χ3n) is 2.22. The molecule has 1 aromatic heterocycles. The van der Waals surface area contributed by atoms with E-state index in [0.717, 1.165) is 12.0 Å². The van der Waals surface area contributed by atoms with Crippen molar-refractivity contribution in [1.29, 1.82) is 0 Å². The maximum absolute atomic E-state index is 12.6. The zero-order valence-electron chi connectivity index (χ0n) is 9.51. The van der Waals surface area contributed by atoms with Crippen LogP contribution in [-0.4, -0.2) is 23.9 Å². The van der Waals surface area contributed by atoms with E-state index in [2.05, 4.69) is 9.72 Å². The summed E-state index contributed by atoms with van der Waals surface area (Å²) >= 11 is 0. The first-order valence-corrected chi connectivity index (χ1v) is 5.11. The number of nitrogens with zero attached hydrogens (tertiary/aromatic N) is 1. The number of pyridine rings is 1. The summed E-state index contributed by atoms with van der Waals surface area (Å²) in [5.74, 6) is -4.19. The molecule has 0 aliphatic carbocycles. The van der Waals surface area contributed by atoms with E-state index in [1.807, 2.05) is 6.92 Å². The van der Waals surface area contributed by atoms with Crippen LogP contribution in [0, 0.1) is 6.92 Å². The number of halogens is 4. The smallest absolute Gasteiger partial charge is 0.340 e. The molecule has 0 bridgehead atoms. The number of hydrogen-bond acceptors (Lipinski definition) is 2. The largest absolute Gasteiger partial charge is 0.471 e. The quantitative estimate of drug-likeness (QED) is 0.749. The fourth-order valence-corrected chi connectivity index (χ4v) is 1.19. The van der Waals surface area contributed by atoms with Crippen LogP contribution in [0.2, 0.25) is 0 Å². The van der Waals surface area contributed by atoms with E-state index in [9.17, 15) is 17.6 Å². The van der Waals surface area contributed by atoms with Crippen LogP contribution in [0.25, 0.3) is 0 Å². The molecule has 2 nitrogen and oxygen atoms in total. The first-order chi connectivity index (χ1) is 7.86. The van der Waals surface area contributed by atoms with Gasteiger partial charge in [0.2, 0.25) is 5.88 Å². The van der Waals surface area contributed by atoms with E-state index in [1.165, 1.54) is 6.20 Å². The molecule has 1 heterocycles. The molecule has 0 radical (unpaired) electrons. The van der Waals surface area contributed by atoms with E-state index in [1.54, 1.807) is 13.0 Å². The third kappa shape index (κ3) is 3.57. The average Bonchev–Trinajstić information content (AvgIpc) is 2.27. The second-order valence-corrected chi connectivity index (χ2v) is 3.67. The van der Waals surface area contributed by atoms with Gasteiger partial charge >= 0.3 is 12.3 Å². The van der Waals surface area contributed by atoms with Crippen LogP contribution in [0.15, 0.2) is 12.3 Å². The van der Waals surface area contributed by atoms with Gasteiger partial charge in [-0.2, -0.15) is 8.78 Å². The number of aryl methyl sites for hydroxylation is 2. The molecule has 0 fully saturated rings. The van der Waals surface area contributed by atoms with Gasteiger partial charge in [-0.1, -0.05) is 6.92 Å². The van der Waals surface area contributed by atoms with Gasteiger partial charge < -0.3 is 4.74 Å². The molecular formula is C11H13F4NO. The number of rotatable bonds is 5. The molecule has 1 rings (SSSR count). The van der Waals surface area contributed by atoms with E-state index >= 15 is 0 Å². The Morgan fingerprint density at radius 3 is 2.53 bits per heavy atom. The lowest BCUT2D eigenvalue weighted by molar-refractivity contribution is -0.148. The molecule has 6 heteroatoms. The van der Waals surface area contributed by atoms with Gasteiger partial charge in [0.1, 0.15) is 0 Å². The molecule has 0 amide bonds. The molecule has 0 aromatic carbocycles. The Hall–Kier alpha value is -1.33. The Morgan fingerprint density at radius 1 is 1.41 bits per heavy atom. The van der Waals surface area contributed by atoms with Crippen LogP contribution in [0.3, 0.4) is 0 Å². The number of alkyl halides is 4. The zero-order chi connectivity index (χ0) is 13.1. The minimum atomic E-state index is -4.16. The summed E-state index contributed by atoms with van der Waals surface area (Å²) in [7, 11) is 0. The van der Waals surface area contributed by atoms with Crippen molar-refractivity contribution in [3.63, 3.8) is 0 Å². The van der Waals surface area contributed by atoms with Gasteiger partial charge in [0, 0.05) is 11.8 Å². The lowest BCUT2D eigenvalue weighted by atomic mass is 10.2. The Balaban J connectivity index is 2.70. The standard InChI is InChI=1S/C11H13F4NO/c1-3-8-4-7(2)9(16-5-8)17-6-11(14,15)10(12)13/h4-5,10H,3,6H2,1-2H3. The Bertz CT molecular complexity index is 382. The Morgan fingerprint density at radius 2 is 2.06 bits per heavy atom. The molecule has 0 atom stereocenters. The number of aromatic nitrogens is 1. The van der Waals surface area contributed by atoms with Crippen molar-refractivity contribution in [2.24, 2.45) is 0 Å². The van der Waals surface area contributed by atoms with Gasteiger partial charge in [-0.3, -0.25) is 0 Å². The first kappa shape index (κ1) is 13.7. The van der Waals surface area contributed by atoms with Crippen LogP contribution >= 0.6 is 0 Å². The maximum Gasteiger partial charge on any atom is 0.340 e. The lowest BCUT2D eigenvalue weighted by Crippen LogP contribution is -2.34. The van der Waals surface area contributed by atoms with Crippen LogP contribution in [0.5, 0.6) is 5.88 Å². The highest BCUT2D eigenvalue weighted by atomic mass is 19.3. The fraction of sp³-hybridized carbons (Fsp3) is 0.545. The Kier molecular flexibility index (Phi) is 4.31. The predicted molar refractivity (Wildman–Crippen MR) is 54.8 cm³/mol. The average molecular weight is 251 g/mol. The highest BCUT2D eigenvalue weighted by molar-refractivity contribution is 5.28. The van der Waals surface area contributed by atoms with Crippen LogP contribution in [0.4, 0.5) is 17.6 Å². The molecule has 0 unspecified atom stereocenters. The van der Waals surface area contributed by atoms with Gasteiger partial charge in [-0.15, -0.1) is 0 Å². The molecule has 1 aromatic rings. The molecule has 0 saturated carbocycles.